The van der Waals surface area contributed by atoms with Gasteiger partial charge in [0, 0.05) is 36.8 Å². The summed E-state index contributed by atoms with van der Waals surface area (Å²) in [6, 6.07) is 11.5. The first-order valence-electron chi connectivity index (χ1n) is 7.89. The first-order valence-corrected chi connectivity index (χ1v) is 7.89. The van der Waals surface area contributed by atoms with Crippen LogP contribution >= 0.6 is 0 Å². The average Bonchev–Trinajstić information content (AvgIpc) is 2.61. The summed E-state index contributed by atoms with van der Waals surface area (Å²) in [5.74, 6) is 0.865. The SMILES string of the molecule is COc1ccc(C/C(C#N)=C(\C#N)CC2(O)CCC(=O)CC2)cc1. The second kappa shape index (κ2) is 7.77. The smallest absolute Gasteiger partial charge is 0.133 e. The molecule has 1 fully saturated rings. The summed E-state index contributed by atoms with van der Waals surface area (Å²) in [6.45, 7) is 0. The van der Waals surface area contributed by atoms with Crippen LogP contribution in [0.5, 0.6) is 5.75 Å². The van der Waals surface area contributed by atoms with Crippen LogP contribution in [-0.2, 0) is 11.2 Å². The lowest BCUT2D eigenvalue weighted by Crippen LogP contribution is -2.34. The van der Waals surface area contributed by atoms with Crippen molar-refractivity contribution in [3.05, 3.63) is 41.0 Å². The molecule has 0 unspecified atom stereocenters. The summed E-state index contributed by atoms with van der Waals surface area (Å²) in [5, 5.41) is 29.5. The van der Waals surface area contributed by atoms with E-state index in [2.05, 4.69) is 12.1 Å². The van der Waals surface area contributed by atoms with Gasteiger partial charge in [-0.2, -0.15) is 10.5 Å². The van der Waals surface area contributed by atoms with Crippen LogP contribution in [-0.4, -0.2) is 23.6 Å². The molecular formula is C19H20N2O3. The van der Waals surface area contributed by atoms with Gasteiger partial charge in [-0.15, -0.1) is 0 Å². The van der Waals surface area contributed by atoms with Crippen LogP contribution in [0.3, 0.4) is 0 Å². The Balaban J connectivity index is 2.18. The number of rotatable bonds is 5. The molecule has 5 heteroatoms. The average molecular weight is 324 g/mol. The fourth-order valence-electron chi connectivity index (χ4n) is 2.87. The van der Waals surface area contributed by atoms with E-state index in [0.29, 0.717) is 43.3 Å². The van der Waals surface area contributed by atoms with Gasteiger partial charge < -0.3 is 9.84 Å². The van der Waals surface area contributed by atoms with Gasteiger partial charge in [-0.05, 0) is 30.5 Å². The minimum Gasteiger partial charge on any atom is -0.497 e. The predicted octanol–water partition coefficient (Wildman–Crippen LogP) is 2.85. The maximum atomic E-state index is 11.3. The second-order valence-corrected chi connectivity index (χ2v) is 6.15. The molecule has 5 nitrogen and oxygen atoms in total. The van der Waals surface area contributed by atoms with Crippen molar-refractivity contribution in [3.63, 3.8) is 0 Å². The Hall–Kier alpha value is -2.63. The second-order valence-electron chi connectivity index (χ2n) is 6.15. The summed E-state index contributed by atoms with van der Waals surface area (Å²) in [6.07, 6.45) is 1.80. The molecule has 0 bridgehead atoms. The maximum Gasteiger partial charge on any atom is 0.133 e. The summed E-state index contributed by atoms with van der Waals surface area (Å²) < 4.78 is 5.10. The molecule has 0 radical (unpaired) electrons. The molecule has 1 saturated carbocycles. The number of hydrogen-bond acceptors (Lipinski definition) is 5. The minimum absolute atomic E-state index is 0.121. The molecule has 0 saturated heterocycles. The number of ketones is 1. The number of nitriles is 2. The Labute approximate surface area is 141 Å². The highest BCUT2D eigenvalue weighted by Crippen LogP contribution is 2.33. The van der Waals surface area contributed by atoms with Gasteiger partial charge in [0.05, 0.1) is 24.8 Å². The normalized spacial score (nSPS) is 17.4. The van der Waals surface area contributed by atoms with Gasteiger partial charge >= 0.3 is 0 Å². The largest absolute Gasteiger partial charge is 0.497 e. The first-order chi connectivity index (χ1) is 11.5. The standard InChI is InChI=1S/C19H20N2O3/c1-24-18-4-2-14(3-5-18)10-15(12-20)16(13-21)11-19(23)8-6-17(22)7-9-19/h2-5,23H,6-11H2,1H3/b16-15+. The van der Waals surface area contributed by atoms with Crippen LogP contribution in [0.2, 0.25) is 0 Å². The molecule has 1 N–H and O–H groups in total. The number of Topliss-reactive ketones (excluding diaryl/α,β-unsaturated/α-hetero) is 1. The molecule has 24 heavy (non-hydrogen) atoms. The Morgan fingerprint density at radius 3 is 2.25 bits per heavy atom. The lowest BCUT2D eigenvalue weighted by Gasteiger charge is -2.31. The highest BCUT2D eigenvalue weighted by molar-refractivity contribution is 5.79. The van der Waals surface area contributed by atoms with E-state index in [0.717, 1.165) is 11.3 Å². The molecule has 124 valence electrons. The van der Waals surface area contributed by atoms with Crippen molar-refractivity contribution >= 4 is 5.78 Å². The number of allylic oxidation sites excluding steroid dienone is 1. The third kappa shape index (κ3) is 4.44. The van der Waals surface area contributed by atoms with Gasteiger partial charge in [0.15, 0.2) is 0 Å². The molecule has 0 heterocycles. The van der Waals surface area contributed by atoms with E-state index in [9.17, 15) is 20.4 Å². The highest BCUT2D eigenvalue weighted by Gasteiger charge is 2.34. The van der Waals surface area contributed by atoms with Gasteiger partial charge in [-0.3, -0.25) is 4.79 Å². The lowest BCUT2D eigenvalue weighted by atomic mass is 9.79. The first kappa shape index (κ1) is 17.7. The van der Waals surface area contributed by atoms with Crippen LogP contribution in [0.4, 0.5) is 0 Å². The zero-order valence-electron chi connectivity index (χ0n) is 13.7. The van der Waals surface area contributed by atoms with E-state index in [1.54, 1.807) is 19.2 Å². The molecule has 1 aromatic carbocycles. The van der Waals surface area contributed by atoms with Crippen molar-refractivity contribution in [1.29, 1.82) is 10.5 Å². The van der Waals surface area contributed by atoms with E-state index in [1.807, 2.05) is 12.1 Å². The summed E-state index contributed by atoms with van der Waals surface area (Å²) in [7, 11) is 1.58. The molecule has 0 atom stereocenters. The van der Waals surface area contributed by atoms with Gasteiger partial charge in [0.1, 0.15) is 11.5 Å². The fourth-order valence-corrected chi connectivity index (χ4v) is 2.87. The van der Waals surface area contributed by atoms with Crippen molar-refractivity contribution < 1.29 is 14.6 Å². The van der Waals surface area contributed by atoms with E-state index in [-0.39, 0.29) is 12.2 Å². The molecule has 1 aliphatic carbocycles. The van der Waals surface area contributed by atoms with Crippen molar-refractivity contribution in [2.45, 2.75) is 44.1 Å². The number of carbonyl (C=O) groups is 1. The highest BCUT2D eigenvalue weighted by atomic mass is 16.5. The quantitative estimate of drug-likeness (QED) is 0.840. The molecule has 0 amide bonds. The molecule has 0 spiro atoms. The van der Waals surface area contributed by atoms with Gasteiger partial charge in [0.2, 0.25) is 0 Å². The summed E-state index contributed by atoms with van der Waals surface area (Å²) in [4.78, 5) is 11.3. The fraction of sp³-hybridized carbons (Fsp3) is 0.421. The molecule has 0 aliphatic heterocycles. The number of aliphatic hydroxyl groups is 1. The van der Waals surface area contributed by atoms with Crippen molar-refractivity contribution in [2.24, 2.45) is 0 Å². The monoisotopic (exact) mass is 324 g/mol. The Bertz CT molecular complexity index is 710. The van der Waals surface area contributed by atoms with Crippen molar-refractivity contribution in [2.75, 3.05) is 7.11 Å². The van der Waals surface area contributed by atoms with Crippen LogP contribution in [0.15, 0.2) is 35.4 Å². The van der Waals surface area contributed by atoms with Crippen molar-refractivity contribution in [1.82, 2.24) is 0 Å². The Morgan fingerprint density at radius 2 is 1.75 bits per heavy atom. The zero-order valence-corrected chi connectivity index (χ0v) is 13.7. The molecule has 1 aliphatic rings. The number of ether oxygens (including phenoxy) is 1. The van der Waals surface area contributed by atoms with Gasteiger partial charge in [0.25, 0.3) is 0 Å². The lowest BCUT2D eigenvalue weighted by molar-refractivity contribution is -0.125. The topological polar surface area (TPSA) is 94.1 Å². The minimum atomic E-state index is -1.07. The third-order valence-electron chi connectivity index (χ3n) is 4.42. The van der Waals surface area contributed by atoms with Gasteiger partial charge in [-0.1, -0.05) is 12.1 Å². The Morgan fingerprint density at radius 1 is 1.17 bits per heavy atom. The molecule has 1 aromatic rings. The summed E-state index contributed by atoms with van der Waals surface area (Å²) >= 11 is 0. The number of benzene rings is 1. The third-order valence-corrected chi connectivity index (χ3v) is 4.42. The summed E-state index contributed by atoms with van der Waals surface area (Å²) in [5.41, 5.74) is 0.477. The zero-order chi connectivity index (χ0) is 17.6. The number of methoxy groups -OCH3 is 1. The van der Waals surface area contributed by atoms with Crippen LogP contribution < -0.4 is 4.74 Å². The number of carbonyl (C=O) groups excluding carboxylic acids is 1. The van der Waals surface area contributed by atoms with E-state index in [4.69, 9.17) is 4.74 Å². The van der Waals surface area contributed by atoms with Gasteiger partial charge in [-0.25, -0.2) is 0 Å². The molecular weight excluding hydrogens is 304 g/mol. The number of nitrogens with zero attached hydrogens (tertiary/aromatic N) is 2. The Kier molecular flexibility index (Phi) is 5.73. The van der Waals surface area contributed by atoms with Crippen LogP contribution in [0.1, 0.15) is 37.7 Å². The van der Waals surface area contributed by atoms with E-state index < -0.39 is 5.60 Å². The molecule has 2 rings (SSSR count). The maximum absolute atomic E-state index is 11.3. The van der Waals surface area contributed by atoms with Crippen molar-refractivity contribution in [3.8, 4) is 17.9 Å². The number of hydrogen-bond donors (Lipinski definition) is 1. The van der Waals surface area contributed by atoms with E-state index >= 15 is 0 Å². The van der Waals surface area contributed by atoms with E-state index in [1.165, 1.54) is 0 Å². The molecule has 0 aromatic heterocycles. The predicted molar refractivity (Wildman–Crippen MR) is 88.0 cm³/mol. The van der Waals surface area contributed by atoms with Crippen LogP contribution in [0, 0.1) is 22.7 Å². The van der Waals surface area contributed by atoms with Crippen LogP contribution in [0.25, 0.3) is 0 Å².